The molecule has 1 saturated heterocycles. The molecule has 1 aliphatic rings. The number of rotatable bonds is 3. The van der Waals surface area contributed by atoms with Crippen molar-refractivity contribution in [3.05, 3.63) is 31.0 Å². The van der Waals surface area contributed by atoms with Gasteiger partial charge in [0.1, 0.15) is 24.5 Å². The number of hydrogen-bond acceptors (Lipinski definition) is 5. The first kappa shape index (κ1) is 9.29. The summed E-state index contributed by atoms with van der Waals surface area (Å²) in [5, 5.41) is 7.14. The zero-order valence-electron chi connectivity index (χ0n) is 8.58. The topological polar surface area (TPSA) is 64.9 Å². The molecule has 0 radical (unpaired) electrons. The molecule has 16 heavy (non-hydrogen) atoms. The lowest BCUT2D eigenvalue weighted by atomic mass is 10.2. The third-order valence-corrected chi connectivity index (χ3v) is 2.42. The van der Waals surface area contributed by atoms with Crippen LogP contribution >= 0.6 is 0 Å². The van der Waals surface area contributed by atoms with Gasteiger partial charge in [0.2, 0.25) is 0 Å². The smallest absolute Gasteiger partial charge is 0.155 e. The fraction of sp³-hybridized carbons (Fsp3) is 0.300. The molecular formula is C10H11N5O. The number of nitrogens with zero attached hydrogens (tertiary/aromatic N) is 4. The summed E-state index contributed by atoms with van der Waals surface area (Å²) in [6.45, 7) is 1.82. The maximum absolute atomic E-state index is 5.65. The van der Waals surface area contributed by atoms with Crippen LogP contribution in [0.25, 0.3) is 5.82 Å². The van der Waals surface area contributed by atoms with E-state index >= 15 is 0 Å². The Hall–Kier alpha value is -1.95. The summed E-state index contributed by atoms with van der Waals surface area (Å²) in [5.41, 5.74) is 0. The van der Waals surface area contributed by atoms with Gasteiger partial charge in [-0.1, -0.05) is 0 Å². The highest BCUT2D eigenvalue weighted by Gasteiger charge is 2.18. The van der Waals surface area contributed by atoms with Gasteiger partial charge in [-0.3, -0.25) is 0 Å². The van der Waals surface area contributed by atoms with Crippen LogP contribution in [0.15, 0.2) is 31.0 Å². The highest BCUT2D eigenvalue weighted by Crippen LogP contribution is 2.14. The van der Waals surface area contributed by atoms with Crippen molar-refractivity contribution >= 4 is 0 Å². The standard InChI is InChI=1S/C10H11N5O/c1-2-10(15-7-12-6-14-15)13-5-8(1)16-9-3-11-4-9/h1-2,5-7,9,11H,3-4H2. The van der Waals surface area contributed by atoms with Crippen LogP contribution in [0, 0.1) is 0 Å². The van der Waals surface area contributed by atoms with E-state index in [2.05, 4.69) is 20.4 Å². The van der Waals surface area contributed by atoms with Crippen LogP contribution in [0.3, 0.4) is 0 Å². The van der Waals surface area contributed by atoms with Crippen LogP contribution in [0.4, 0.5) is 0 Å². The minimum Gasteiger partial charge on any atom is -0.486 e. The molecule has 0 aromatic carbocycles. The normalized spacial score (nSPS) is 15.8. The monoisotopic (exact) mass is 217 g/mol. The van der Waals surface area contributed by atoms with E-state index in [1.54, 1.807) is 17.2 Å². The van der Waals surface area contributed by atoms with E-state index in [4.69, 9.17) is 4.74 Å². The van der Waals surface area contributed by atoms with Gasteiger partial charge in [-0.15, -0.1) is 0 Å². The molecule has 0 bridgehead atoms. The first-order valence-electron chi connectivity index (χ1n) is 5.10. The van der Waals surface area contributed by atoms with Gasteiger partial charge >= 0.3 is 0 Å². The molecule has 0 saturated carbocycles. The summed E-state index contributed by atoms with van der Waals surface area (Å²) in [6.07, 6.45) is 5.07. The Kier molecular flexibility index (Phi) is 2.26. The van der Waals surface area contributed by atoms with Gasteiger partial charge < -0.3 is 10.1 Å². The van der Waals surface area contributed by atoms with Gasteiger partial charge in [0.15, 0.2) is 5.82 Å². The van der Waals surface area contributed by atoms with Crippen molar-refractivity contribution in [3.8, 4) is 11.6 Å². The van der Waals surface area contributed by atoms with Crippen LogP contribution in [-0.4, -0.2) is 38.9 Å². The van der Waals surface area contributed by atoms with Crippen LogP contribution in [0.5, 0.6) is 5.75 Å². The van der Waals surface area contributed by atoms with Gasteiger partial charge in [-0.25, -0.2) is 14.6 Å². The van der Waals surface area contributed by atoms with Crippen LogP contribution in [-0.2, 0) is 0 Å². The Balaban J connectivity index is 1.74. The van der Waals surface area contributed by atoms with Gasteiger partial charge in [-0.05, 0) is 12.1 Å². The average Bonchev–Trinajstić information content (AvgIpc) is 2.78. The Morgan fingerprint density at radius 2 is 2.31 bits per heavy atom. The summed E-state index contributed by atoms with van der Waals surface area (Å²) in [6, 6.07) is 3.75. The Morgan fingerprint density at radius 1 is 1.38 bits per heavy atom. The minimum atomic E-state index is 0.277. The Bertz CT molecular complexity index is 449. The van der Waals surface area contributed by atoms with Crippen molar-refractivity contribution in [1.29, 1.82) is 0 Å². The van der Waals surface area contributed by atoms with Crippen LogP contribution < -0.4 is 10.1 Å². The molecule has 2 aromatic rings. The lowest BCUT2D eigenvalue weighted by Crippen LogP contribution is -2.50. The maximum Gasteiger partial charge on any atom is 0.155 e. The molecule has 1 N–H and O–H groups in total. The third-order valence-electron chi connectivity index (χ3n) is 2.42. The molecule has 3 heterocycles. The Labute approximate surface area is 92.3 Å². The molecule has 82 valence electrons. The molecule has 0 amide bonds. The predicted octanol–water partition coefficient (Wildman–Crippen LogP) is 0.0129. The minimum absolute atomic E-state index is 0.277. The molecular weight excluding hydrogens is 206 g/mol. The molecule has 6 nitrogen and oxygen atoms in total. The third kappa shape index (κ3) is 1.74. The SMILES string of the molecule is c1ncn(-c2ccc(OC3CNC3)cn2)n1. The molecule has 0 atom stereocenters. The molecule has 1 aliphatic heterocycles. The first-order valence-corrected chi connectivity index (χ1v) is 5.10. The van der Waals surface area contributed by atoms with Gasteiger partial charge in [0, 0.05) is 13.1 Å². The predicted molar refractivity (Wildman–Crippen MR) is 56.4 cm³/mol. The van der Waals surface area contributed by atoms with E-state index in [0.29, 0.717) is 0 Å². The van der Waals surface area contributed by atoms with E-state index in [0.717, 1.165) is 24.7 Å². The molecule has 6 heteroatoms. The summed E-state index contributed by atoms with van der Waals surface area (Å²) in [4.78, 5) is 8.11. The molecule has 0 unspecified atom stereocenters. The second kappa shape index (κ2) is 3.90. The van der Waals surface area contributed by atoms with Gasteiger partial charge in [0.05, 0.1) is 6.20 Å². The van der Waals surface area contributed by atoms with E-state index in [1.165, 1.54) is 6.33 Å². The number of nitrogens with one attached hydrogen (secondary N) is 1. The highest BCUT2D eigenvalue weighted by molar-refractivity contribution is 5.27. The van der Waals surface area contributed by atoms with Gasteiger partial charge in [-0.2, -0.15) is 5.10 Å². The number of ether oxygens (including phenoxy) is 1. The zero-order valence-corrected chi connectivity index (χ0v) is 8.58. The van der Waals surface area contributed by atoms with Crippen LogP contribution in [0.2, 0.25) is 0 Å². The quantitative estimate of drug-likeness (QED) is 0.784. The van der Waals surface area contributed by atoms with E-state index in [1.807, 2.05) is 12.1 Å². The fourth-order valence-electron chi connectivity index (χ4n) is 1.44. The summed E-state index contributed by atoms with van der Waals surface area (Å²) >= 11 is 0. The maximum atomic E-state index is 5.65. The van der Waals surface area contributed by atoms with Crippen molar-refractivity contribution in [2.24, 2.45) is 0 Å². The van der Waals surface area contributed by atoms with Crippen molar-refractivity contribution < 1.29 is 4.74 Å². The van der Waals surface area contributed by atoms with Crippen molar-refractivity contribution in [2.75, 3.05) is 13.1 Å². The number of pyridine rings is 1. The van der Waals surface area contributed by atoms with Crippen LogP contribution in [0.1, 0.15) is 0 Å². The van der Waals surface area contributed by atoms with Crippen molar-refractivity contribution in [1.82, 2.24) is 25.1 Å². The Morgan fingerprint density at radius 3 is 2.88 bits per heavy atom. The van der Waals surface area contributed by atoms with E-state index in [9.17, 15) is 0 Å². The highest BCUT2D eigenvalue weighted by atomic mass is 16.5. The molecule has 3 rings (SSSR count). The molecule has 2 aromatic heterocycles. The summed E-state index contributed by atoms with van der Waals surface area (Å²) < 4.78 is 7.26. The first-order chi connectivity index (χ1) is 7.92. The fourth-order valence-corrected chi connectivity index (χ4v) is 1.44. The van der Waals surface area contributed by atoms with Crippen molar-refractivity contribution in [3.63, 3.8) is 0 Å². The molecule has 0 spiro atoms. The average molecular weight is 217 g/mol. The van der Waals surface area contributed by atoms with E-state index in [-0.39, 0.29) is 6.10 Å². The zero-order chi connectivity index (χ0) is 10.8. The molecule has 1 fully saturated rings. The second-order valence-electron chi connectivity index (χ2n) is 3.59. The van der Waals surface area contributed by atoms with E-state index < -0.39 is 0 Å². The number of hydrogen-bond donors (Lipinski definition) is 1. The second-order valence-corrected chi connectivity index (χ2v) is 3.59. The lowest BCUT2D eigenvalue weighted by molar-refractivity contribution is 0.141. The van der Waals surface area contributed by atoms with Crippen molar-refractivity contribution in [2.45, 2.75) is 6.10 Å². The summed E-state index contributed by atoms with van der Waals surface area (Å²) in [7, 11) is 0. The molecule has 0 aliphatic carbocycles. The number of aromatic nitrogens is 4. The lowest BCUT2D eigenvalue weighted by Gasteiger charge is -2.27. The summed E-state index contributed by atoms with van der Waals surface area (Å²) in [5.74, 6) is 1.52. The largest absolute Gasteiger partial charge is 0.486 e. The van der Waals surface area contributed by atoms with Gasteiger partial charge in [0.25, 0.3) is 0 Å².